The zero-order valence-electron chi connectivity index (χ0n) is 20.6. The number of carbonyl (C=O) groups is 1. The zero-order valence-corrected chi connectivity index (χ0v) is 22.9. The molecule has 1 amide bonds. The van der Waals surface area contributed by atoms with E-state index in [-0.39, 0.29) is 36.2 Å². The van der Waals surface area contributed by atoms with E-state index in [2.05, 4.69) is 17.1 Å². The number of amides is 1. The normalized spacial score (nSPS) is 20.1. The van der Waals surface area contributed by atoms with Crippen molar-refractivity contribution in [3.63, 3.8) is 0 Å². The number of rotatable bonds is 5. The predicted octanol–water partition coefficient (Wildman–Crippen LogP) is 4.76. The Morgan fingerprint density at radius 1 is 1.09 bits per heavy atom. The average Bonchev–Trinajstić information content (AvgIpc) is 2.77. The molecule has 1 unspecified atom stereocenters. The van der Waals surface area contributed by atoms with Crippen molar-refractivity contribution in [2.24, 2.45) is 10.9 Å². The molecule has 0 aromatic heterocycles. The van der Waals surface area contributed by atoms with Crippen LogP contribution >= 0.6 is 24.0 Å². The first-order valence-electron chi connectivity index (χ1n) is 12.1. The smallest absolute Gasteiger partial charge is 0.410 e. The summed E-state index contributed by atoms with van der Waals surface area (Å²) >= 11 is 0. The second kappa shape index (κ2) is 13.2. The van der Waals surface area contributed by atoms with Crippen LogP contribution in [0.1, 0.15) is 53.4 Å². The lowest BCUT2D eigenvalue weighted by Gasteiger charge is -2.35. The third-order valence-corrected chi connectivity index (χ3v) is 5.79. The Hall–Kier alpha value is -1.71. The van der Waals surface area contributed by atoms with Gasteiger partial charge in [-0.05, 0) is 58.6 Å². The lowest BCUT2D eigenvalue weighted by atomic mass is 9.98. The maximum atomic E-state index is 12.4. The number of ether oxygens (including phenoxy) is 2. The van der Waals surface area contributed by atoms with E-state index in [0.717, 1.165) is 70.1 Å². The first kappa shape index (κ1) is 27.5. The van der Waals surface area contributed by atoms with Crippen molar-refractivity contribution in [3.8, 4) is 5.75 Å². The number of nitrogens with zero attached hydrogens (tertiary/aromatic N) is 3. The van der Waals surface area contributed by atoms with Crippen LogP contribution in [0.2, 0.25) is 0 Å². The predicted molar refractivity (Wildman–Crippen MR) is 144 cm³/mol. The minimum absolute atomic E-state index is 0. The molecule has 0 spiro atoms. The molecule has 0 radical (unpaired) electrons. The van der Waals surface area contributed by atoms with Gasteiger partial charge in [0.1, 0.15) is 17.5 Å². The number of nitrogens with one attached hydrogen (secondary N) is 1. The topological polar surface area (TPSA) is 66.4 Å². The van der Waals surface area contributed by atoms with Gasteiger partial charge < -0.3 is 24.6 Å². The molecule has 0 bridgehead atoms. The van der Waals surface area contributed by atoms with Gasteiger partial charge in [0.2, 0.25) is 0 Å². The van der Waals surface area contributed by atoms with Crippen LogP contribution in [0.5, 0.6) is 5.75 Å². The molecular formula is C25H41IN4O3. The lowest BCUT2D eigenvalue weighted by molar-refractivity contribution is 0.0170. The van der Waals surface area contributed by atoms with Crippen molar-refractivity contribution in [1.82, 2.24) is 15.1 Å². The Labute approximate surface area is 216 Å². The Morgan fingerprint density at radius 3 is 2.42 bits per heavy atom. The van der Waals surface area contributed by atoms with E-state index in [0.29, 0.717) is 12.5 Å². The largest absolute Gasteiger partial charge is 0.490 e. The van der Waals surface area contributed by atoms with Crippen LogP contribution in [0.4, 0.5) is 4.79 Å². The van der Waals surface area contributed by atoms with Gasteiger partial charge in [-0.25, -0.2) is 4.79 Å². The molecule has 2 fully saturated rings. The van der Waals surface area contributed by atoms with Crippen LogP contribution in [0.25, 0.3) is 0 Å². The Bertz CT molecular complexity index is 746. The Morgan fingerprint density at radius 2 is 1.79 bits per heavy atom. The number of para-hydroxylation sites is 1. The van der Waals surface area contributed by atoms with Gasteiger partial charge in [0.05, 0.1) is 0 Å². The fraction of sp³-hybridized carbons (Fsp3) is 0.680. The number of piperidine rings is 2. The van der Waals surface area contributed by atoms with Crippen molar-refractivity contribution >= 4 is 36.0 Å². The van der Waals surface area contributed by atoms with Crippen LogP contribution < -0.4 is 10.1 Å². The van der Waals surface area contributed by atoms with Crippen LogP contribution in [0, 0.1) is 5.92 Å². The van der Waals surface area contributed by atoms with Crippen LogP contribution in [0.15, 0.2) is 35.3 Å². The van der Waals surface area contributed by atoms with Gasteiger partial charge in [0, 0.05) is 52.1 Å². The molecule has 1 N–H and O–H groups in total. The summed E-state index contributed by atoms with van der Waals surface area (Å²) in [4.78, 5) is 21.6. The van der Waals surface area contributed by atoms with Gasteiger partial charge in [-0.1, -0.05) is 18.2 Å². The monoisotopic (exact) mass is 572 g/mol. The molecule has 0 saturated carbocycles. The number of benzene rings is 1. The zero-order chi connectivity index (χ0) is 23.0. The van der Waals surface area contributed by atoms with E-state index >= 15 is 0 Å². The molecule has 0 aliphatic carbocycles. The Kier molecular flexibility index (Phi) is 11.1. The molecule has 2 heterocycles. The summed E-state index contributed by atoms with van der Waals surface area (Å²) in [5.74, 6) is 2.28. The second-order valence-electron chi connectivity index (χ2n) is 9.75. The summed E-state index contributed by atoms with van der Waals surface area (Å²) in [7, 11) is 0. The van der Waals surface area contributed by atoms with Gasteiger partial charge in [0.15, 0.2) is 5.96 Å². The summed E-state index contributed by atoms with van der Waals surface area (Å²) in [6, 6.07) is 10.1. The standard InChI is InChI=1S/C25H40N4O3.HI/c1-5-26-23(28-16-13-22(14-17-28)31-21-11-7-6-8-12-21)27-18-20-10-9-15-29(19-20)24(30)32-25(2,3)4;/h6-8,11-12,20,22H,5,9-10,13-19H2,1-4H3,(H,26,27);1H. The first-order chi connectivity index (χ1) is 15.3. The third kappa shape index (κ3) is 9.22. The highest BCUT2D eigenvalue weighted by molar-refractivity contribution is 14.0. The van der Waals surface area contributed by atoms with Gasteiger partial charge in [-0.15, -0.1) is 24.0 Å². The van der Waals surface area contributed by atoms with E-state index in [1.165, 1.54) is 0 Å². The number of halogens is 1. The molecule has 2 saturated heterocycles. The number of hydrogen-bond acceptors (Lipinski definition) is 4. The second-order valence-corrected chi connectivity index (χ2v) is 9.75. The Balaban J connectivity index is 0.00000385. The van der Waals surface area contributed by atoms with Crippen LogP contribution in [0.3, 0.4) is 0 Å². The summed E-state index contributed by atoms with van der Waals surface area (Å²) in [6.07, 6.45) is 4.09. The van der Waals surface area contributed by atoms with Gasteiger partial charge in [-0.2, -0.15) is 0 Å². The molecule has 7 nitrogen and oxygen atoms in total. The van der Waals surface area contributed by atoms with E-state index < -0.39 is 5.60 Å². The minimum Gasteiger partial charge on any atom is -0.490 e. The van der Waals surface area contributed by atoms with Crippen molar-refractivity contribution < 1.29 is 14.3 Å². The number of guanidine groups is 1. The molecule has 3 rings (SSSR count). The molecule has 186 valence electrons. The summed E-state index contributed by atoms with van der Waals surface area (Å²) < 4.78 is 11.7. The number of carbonyl (C=O) groups excluding carboxylic acids is 1. The highest BCUT2D eigenvalue weighted by Crippen LogP contribution is 2.21. The van der Waals surface area contributed by atoms with Crippen molar-refractivity contribution in [2.45, 2.75) is 65.1 Å². The summed E-state index contributed by atoms with van der Waals surface area (Å²) in [5, 5.41) is 3.45. The van der Waals surface area contributed by atoms with E-state index in [1.54, 1.807) is 0 Å². The average molecular weight is 573 g/mol. The number of likely N-dealkylation sites (tertiary alicyclic amines) is 2. The maximum absolute atomic E-state index is 12.4. The van der Waals surface area contributed by atoms with Gasteiger partial charge in [-0.3, -0.25) is 4.99 Å². The summed E-state index contributed by atoms with van der Waals surface area (Å²) in [6.45, 7) is 12.7. The fourth-order valence-electron chi connectivity index (χ4n) is 4.22. The molecule has 2 aliphatic rings. The number of hydrogen-bond donors (Lipinski definition) is 1. The first-order valence-corrected chi connectivity index (χ1v) is 12.1. The highest BCUT2D eigenvalue weighted by Gasteiger charge is 2.28. The molecule has 1 atom stereocenters. The molecule has 8 heteroatoms. The lowest BCUT2D eigenvalue weighted by Crippen LogP contribution is -2.48. The van der Waals surface area contributed by atoms with E-state index in [9.17, 15) is 4.79 Å². The summed E-state index contributed by atoms with van der Waals surface area (Å²) in [5.41, 5.74) is -0.462. The fourth-order valence-corrected chi connectivity index (χ4v) is 4.22. The van der Waals surface area contributed by atoms with Crippen molar-refractivity contribution in [3.05, 3.63) is 30.3 Å². The maximum Gasteiger partial charge on any atom is 0.410 e. The van der Waals surface area contributed by atoms with Crippen molar-refractivity contribution in [2.75, 3.05) is 39.3 Å². The minimum atomic E-state index is -0.462. The van der Waals surface area contributed by atoms with Crippen molar-refractivity contribution in [1.29, 1.82) is 0 Å². The third-order valence-electron chi connectivity index (χ3n) is 5.79. The molecule has 1 aromatic rings. The molecular weight excluding hydrogens is 531 g/mol. The quantitative estimate of drug-likeness (QED) is 0.313. The van der Waals surface area contributed by atoms with E-state index in [1.807, 2.05) is 56.0 Å². The van der Waals surface area contributed by atoms with Gasteiger partial charge in [0.25, 0.3) is 0 Å². The highest BCUT2D eigenvalue weighted by atomic mass is 127. The van der Waals surface area contributed by atoms with Crippen LogP contribution in [-0.2, 0) is 4.74 Å². The number of aliphatic imine (C=N–C) groups is 1. The molecule has 2 aliphatic heterocycles. The van der Waals surface area contributed by atoms with Crippen LogP contribution in [-0.4, -0.2) is 72.8 Å². The SMILES string of the molecule is CCNC(=NCC1CCCN(C(=O)OC(C)(C)C)C1)N1CCC(Oc2ccccc2)CC1.I. The van der Waals surface area contributed by atoms with E-state index in [4.69, 9.17) is 14.5 Å². The molecule has 33 heavy (non-hydrogen) atoms. The molecule has 1 aromatic carbocycles. The van der Waals surface area contributed by atoms with Gasteiger partial charge >= 0.3 is 6.09 Å².